The van der Waals surface area contributed by atoms with Crippen LogP contribution in [0.2, 0.25) is 0 Å². The molecule has 0 amide bonds. The lowest BCUT2D eigenvalue weighted by atomic mass is 9.87. The Kier molecular flexibility index (Phi) is 10.9. The Balaban J connectivity index is 0.00000100. The zero-order valence-corrected chi connectivity index (χ0v) is 24.9. The zero-order chi connectivity index (χ0) is 28.4. The number of benzene rings is 3. The van der Waals surface area contributed by atoms with E-state index < -0.39 is 0 Å². The first-order chi connectivity index (χ1) is 18.9. The minimum absolute atomic E-state index is 0.137. The van der Waals surface area contributed by atoms with Crippen LogP contribution in [0.25, 0.3) is 10.9 Å². The highest BCUT2D eigenvalue weighted by Crippen LogP contribution is 2.35. The molecule has 0 spiro atoms. The molecule has 1 aliphatic rings. The highest BCUT2D eigenvalue weighted by molar-refractivity contribution is 5.92. The molecule has 0 saturated carbocycles. The summed E-state index contributed by atoms with van der Waals surface area (Å²) in [5.41, 5.74) is 5.80. The summed E-state index contributed by atoms with van der Waals surface area (Å²) in [5.74, 6) is 0.783. The summed E-state index contributed by atoms with van der Waals surface area (Å²) in [6.07, 6.45) is 4.61. The maximum absolute atomic E-state index is 12.7. The van der Waals surface area contributed by atoms with Crippen LogP contribution in [0.5, 0.6) is 5.75 Å². The quantitative estimate of drug-likeness (QED) is 0.209. The number of ether oxygens (including phenoxy) is 1. The minimum Gasteiger partial charge on any atom is -0.423 e. The fourth-order valence-corrected chi connectivity index (χ4v) is 5.00. The van der Waals surface area contributed by atoms with E-state index in [0.717, 1.165) is 38.0 Å². The number of hydrogen-bond acceptors (Lipinski definition) is 3. The van der Waals surface area contributed by atoms with E-state index in [9.17, 15) is 4.79 Å². The normalized spacial score (nSPS) is 13.6. The van der Waals surface area contributed by atoms with Gasteiger partial charge in [-0.1, -0.05) is 90.9 Å². The van der Waals surface area contributed by atoms with Crippen molar-refractivity contribution in [3.8, 4) is 5.75 Å². The number of fused-ring (bicyclic) bond motifs is 1. The fraction of sp³-hybridized carbons (Fsp3) is 0.400. The smallest absolute Gasteiger partial charge is 0.343 e. The van der Waals surface area contributed by atoms with Gasteiger partial charge in [0.05, 0.1) is 11.1 Å². The molecule has 4 aromatic rings. The number of carbonyl (C=O) groups excluding carboxylic acids is 1. The fourth-order valence-electron chi connectivity index (χ4n) is 5.00. The molecule has 208 valence electrons. The van der Waals surface area contributed by atoms with E-state index in [1.165, 1.54) is 22.1 Å². The highest BCUT2D eigenvalue weighted by atomic mass is 16.5. The van der Waals surface area contributed by atoms with Gasteiger partial charge in [-0.3, -0.25) is 0 Å². The zero-order valence-electron chi connectivity index (χ0n) is 24.9. The molecule has 0 bridgehead atoms. The predicted octanol–water partition coefficient (Wildman–Crippen LogP) is 8.73. The molecule has 0 radical (unpaired) electrons. The van der Waals surface area contributed by atoms with E-state index in [4.69, 9.17) is 4.74 Å². The summed E-state index contributed by atoms with van der Waals surface area (Å²) in [7, 11) is 0. The van der Waals surface area contributed by atoms with E-state index in [0.29, 0.717) is 17.2 Å². The topological polar surface area (TPSA) is 43.3 Å². The number of hydrogen-bond donors (Lipinski definition) is 1. The molecule has 4 nitrogen and oxygen atoms in total. The maximum atomic E-state index is 12.7. The van der Waals surface area contributed by atoms with Crippen molar-refractivity contribution in [1.82, 2.24) is 9.88 Å². The van der Waals surface area contributed by atoms with E-state index in [1.54, 1.807) is 12.1 Å². The number of esters is 1. The highest BCUT2D eigenvalue weighted by Gasteiger charge is 2.21. The molecular formula is C35H46N2O2. The van der Waals surface area contributed by atoms with Crippen molar-refractivity contribution >= 4 is 16.9 Å². The van der Waals surface area contributed by atoms with Crippen LogP contribution in [0.15, 0.2) is 79.0 Å². The second kappa shape index (κ2) is 14.1. The Bertz CT molecular complexity index is 1310. The number of piperidine rings is 1. The summed E-state index contributed by atoms with van der Waals surface area (Å²) < 4.78 is 8.08. The standard InChI is InChI=1S/C31H34N2O2.2C2H6/c1-31(2,3)25-11-9-22(10-12-25)20-33-21-28(23-15-17-32-18-16-23)27-14-13-26(19-29(27)33)35-30(34)24-7-5-4-6-8-24;2*1-2/h4-14,19,21,23,32H,15-18,20H2,1-3H3;2*1-2H3. The molecule has 0 aliphatic carbocycles. The Hall–Kier alpha value is -3.37. The van der Waals surface area contributed by atoms with Gasteiger partial charge >= 0.3 is 5.97 Å². The van der Waals surface area contributed by atoms with Gasteiger partial charge in [0.2, 0.25) is 0 Å². The number of carbonyl (C=O) groups is 1. The van der Waals surface area contributed by atoms with Crippen molar-refractivity contribution in [2.24, 2.45) is 0 Å². The summed E-state index contributed by atoms with van der Waals surface area (Å²) >= 11 is 0. The molecule has 1 aliphatic heterocycles. The molecule has 4 heteroatoms. The lowest BCUT2D eigenvalue weighted by Gasteiger charge is -2.22. The van der Waals surface area contributed by atoms with Gasteiger partial charge < -0.3 is 14.6 Å². The predicted molar refractivity (Wildman–Crippen MR) is 165 cm³/mol. The molecule has 1 aromatic heterocycles. The second-order valence-electron chi connectivity index (χ2n) is 10.6. The van der Waals surface area contributed by atoms with Crippen LogP contribution in [-0.4, -0.2) is 23.6 Å². The van der Waals surface area contributed by atoms with Crippen LogP contribution in [0.4, 0.5) is 0 Å². The molecule has 39 heavy (non-hydrogen) atoms. The average molecular weight is 527 g/mol. The second-order valence-corrected chi connectivity index (χ2v) is 10.6. The molecule has 1 fully saturated rings. The first-order valence-electron chi connectivity index (χ1n) is 14.6. The van der Waals surface area contributed by atoms with Gasteiger partial charge in [0.25, 0.3) is 0 Å². The minimum atomic E-state index is -0.334. The van der Waals surface area contributed by atoms with E-state index >= 15 is 0 Å². The van der Waals surface area contributed by atoms with Crippen molar-refractivity contribution in [2.45, 2.75) is 79.2 Å². The van der Waals surface area contributed by atoms with Gasteiger partial charge in [0, 0.05) is 24.2 Å². The summed E-state index contributed by atoms with van der Waals surface area (Å²) in [4.78, 5) is 12.7. The van der Waals surface area contributed by atoms with Crippen molar-refractivity contribution in [1.29, 1.82) is 0 Å². The number of rotatable bonds is 5. The van der Waals surface area contributed by atoms with Crippen LogP contribution >= 0.6 is 0 Å². The molecule has 1 saturated heterocycles. The van der Waals surface area contributed by atoms with Crippen LogP contribution in [0.3, 0.4) is 0 Å². The lowest BCUT2D eigenvalue weighted by Crippen LogP contribution is -2.26. The Morgan fingerprint density at radius 2 is 1.54 bits per heavy atom. The third-order valence-corrected chi connectivity index (χ3v) is 7.06. The largest absolute Gasteiger partial charge is 0.423 e. The lowest BCUT2D eigenvalue weighted by molar-refractivity contribution is 0.0735. The van der Waals surface area contributed by atoms with Gasteiger partial charge in [-0.2, -0.15) is 0 Å². The van der Waals surface area contributed by atoms with E-state index in [1.807, 2.05) is 58.0 Å². The SMILES string of the molecule is CC.CC.CC(C)(C)c1ccc(Cn2cc(C3CCNCC3)c3ccc(OC(=O)c4ccccc4)cc32)cc1. The van der Waals surface area contributed by atoms with Crippen LogP contribution in [0.1, 0.15) is 94.3 Å². The first-order valence-corrected chi connectivity index (χ1v) is 14.6. The summed E-state index contributed by atoms with van der Waals surface area (Å²) in [6, 6.07) is 24.2. The molecule has 5 rings (SSSR count). The molecule has 0 unspecified atom stereocenters. The van der Waals surface area contributed by atoms with Gasteiger partial charge in [-0.05, 0) is 78.2 Å². The van der Waals surface area contributed by atoms with E-state index in [2.05, 4.69) is 67.2 Å². The monoisotopic (exact) mass is 526 g/mol. The Morgan fingerprint density at radius 1 is 0.897 bits per heavy atom. The van der Waals surface area contributed by atoms with Crippen LogP contribution in [-0.2, 0) is 12.0 Å². The van der Waals surface area contributed by atoms with Crippen LogP contribution in [0, 0.1) is 0 Å². The van der Waals surface area contributed by atoms with Crippen molar-refractivity contribution in [3.05, 3.63) is 101 Å². The van der Waals surface area contributed by atoms with E-state index in [-0.39, 0.29) is 11.4 Å². The summed E-state index contributed by atoms with van der Waals surface area (Å²) in [6.45, 7) is 17.6. The molecule has 2 heterocycles. The third kappa shape index (κ3) is 7.60. The van der Waals surface area contributed by atoms with Crippen molar-refractivity contribution < 1.29 is 9.53 Å². The summed E-state index contributed by atoms with van der Waals surface area (Å²) in [5, 5.41) is 4.73. The van der Waals surface area contributed by atoms with Crippen LogP contribution < -0.4 is 10.1 Å². The molecule has 3 aromatic carbocycles. The number of aromatic nitrogens is 1. The molecule has 1 N–H and O–H groups in total. The molecular weight excluding hydrogens is 480 g/mol. The Morgan fingerprint density at radius 3 is 2.15 bits per heavy atom. The van der Waals surface area contributed by atoms with Gasteiger partial charge in [0.1, 0.15) is 5.75 Å². The average Bonchev–Trinajstić information content (AvgIpc) is 3.33. The van der Waals surface area contributed by atoms with Gasteiger partial charge in [0.15, 0.2) is 0 Å². The first kappa shape index (κ1) is 30.2. The number of nitrogens with zero attached hydrogens (tertiary/aromatic N) is 1. The van der Waals surface area contributed by atoms with Gasteiger partial charge in [-0.25, -0.2) is 4.79 Å². The Labute approximate surface area is 235 Å². The number of nitrogens with one attached hydrogen (secondary N) is 1. The van der Waals surface area contributed by atoms with Gasteiger partial charge in [-0.15, -0.1) is 0 Å². The van der Waals surface area contributed by atoms with Crippen molar-refractivity contribution in [3.63, 3.8) is 0 Å². The third-order valence-electron chi connectivity index (χ3n) is 7.06. The van der Waals surface area contributed by atoms with Crippen molar-refractivity contribution in [2.75, 3.05) is 13.1 Å². The maximum Gasteiger partial charge on any atom is 0.343 e. The molecule has 0 atom stereocenters.